The second kappa shape index (κ2) is 8.19. The van der Waals surface area contributed by atoms with Crippen LogP contribution in [0, 0.1) is 37.0 Å². The summed E-state index contributed by atoms with van der Waals surface area (Å²) >= 11 is 3.60. The van der Waals surface area contributed by atoms with Crippen LogP contribution in [0.25, 0.3) is 22.2 Å². The number of aromatic nitrogens is 1. The molecule has 7 rings (SSSR count). The molecule has 4 aliphatic rings. The molecule has 4 fully saturated rings. The van der Waals surface area contributed by atoms with E-state index in [1.807, 2.05) is 24.3 Å². The number of benzene rings is 2. The normalized spacial score (nSPS) is 28.3. The van der Waals surface area contributed by atoms with Gasteiger partial charge in [-0.15, -0.1) is 0 Å². The number of nitrogens with one attached hydrogen (secondary N) is 1. The van der Waals surface area contributed by atoms with E-state index >= 15 is 0 Å². The lowest BCUT2D eigenvalue weighted by molar-refractivity contribution is -0.0687. The summed E-state index contributed by atoms with van der Waals surface area (Å²) in [5.74, 6) is 2.65. The third kappa shape index (κ3) is 3.79. The Morgan fingerprint density at radius 2 is 1.68 bits per heavy atom. The SMILES string of the molecule is Cc1ccc(C)c(-c2cc(C(=O)N[C@@H](C)C34CC5CC(CC(C5)C3)C4)c3cc(Br)ccc3n2)c1. The summed E-state index contributed by atoms with van der Waals surface area (Å²) in [6.45, 7) is 6.47. The second-order valence-corrected chi connectivity index (χ2v) is 12.4. The van der Waals surface area contributed by atoms with Gasteiger partial charge in [-0.05, 0) is 118 Å². The zero-order chi connectivity index (χ0) is 23.6. The van der Waals surface area contributed by atoms with Gasteiger partial charge in [0, 0.05) is 21.5 Å². The van der Waals surface area contributed by atoms with Crippen molar-refractivity contribution >= 4 is 32.7 Å². The van der Waals surface area contributed by atoms with Gasteiger partial charge in [0.05, 0.1) is 16.8 Å². The minimum Gasteiger partial charge on any atom is -0.349 e. The largest absolute Gasteiger partial charge is 0.349 e. The van der Waals surface area contributed by atoms with E-state index in [2.05, 4.69) is 60.2 Å². The van der Waals surface area contributed by atoms with Gasteiger partial charge in [0.2, 0.25) is 0 Å². The van der Waals surface area contributed by atoms with Crippen molar-refractivity contribution in [3.63, 3.8) is 0 Å². The van der Waals surface area contributed by atoms with Crippen molar-refractivity contribution in [1.29, 1.82) is 0 Å². The predicted octanol–water partition coefficient (Wildman–Crippen LogP) is 7.62. The number of hydrogen-bond donors (Lipinski definition) is 1. The van der Waals surface area contributed by atoms with Crippen LogP contribution < -0.4 is 5.32 Å². The Bertz CT molecular complexity index is 1260. The van der Waals surface area contributed by atoms with Gasteiger partial charge in [0.15, 0.2) is 0 Å². The van der Waals surface area contributed by atoms with Crippen molar-refractivity contribution in [1.82, 2.24) is 10.3 Å². The van der Waals surface area contributed by atoms with Crippen LogP contribution in [0.5, 0.6) is 0 Å². The lowest BCUT2D eigenvalue weighted by Crippen LogP contribution is -2.55. The molecule has 2 aromatic carbocycles. The van der Waals surface area contributed by atoms with Crippen molar-refractivity contribution < 1.29 is 4.79 Å². The number of hydrogen-bond acceptors (Lipinski definition) is 2. The summed E-state index contributed by atoms with van der Waals surface area (Å²) in [7, 11) is 0. The van der Waals surface area contributed by atoms with Crippen LogP contribution in [-0.2, 0) is 0 Å². The molecule has 0 unspecified atom stereocenters. The van der Waals surface area contributed by atoms with E-state index in [4.69, 9.17) is 4.98 Å². The van der Waals surface area contributed by atoms with Crippen molar-refractivity contribution in [3.8, 4) is 11.3 Å². The number of fused-ring (bicyclic) bond motifs is 1. The summed E-state index contributed by atoms with van der Waals surface area (Å²) in [6.07, 6.45) is 8.12. The first-order valence-electron chi connectivity index (χ1n) is 12.8. The Kier molecular flexibility index (Phi) is 5.36. The first kappa shape index (κ1) is 22.3. The molecule has 176 valence electrons. The molecule has 4 aliphatic carbocycles. The first-order valence-corrected chi connectivity index (χ1v) is 13.6. The number of aryl methyl sites for hydroxylation is 2. The number of halogens is 1. The number of carbonyl (C=O) groups is 1. The van der Waals surface area contributed by atoms with E-state index in [1.165, 1.54) is 49.7 Å². The number of rotatable bonds is 4. The van der Waals surface area contributed by atoms with E-state index < -0.39 is 0 Å². The maximum Gasteiger partial charge on any atom is 0.252 e. The standard InChI is InChI=1S/C30H33BrN2O/c1-17-4-5-18(2)24(8-17)28-13-26(25-12-23(31)6-7-27(25)33-28)29(34)32-19(3)30-14-20-9-21(15-30)11-22(10-20)16-30/h4-8,12-13,19-22H,9-11,14-16H2,1-3H3,(H,32,34)/t19-,20?,21?,22?,30?/m0/s1. The minimum absolute atomic E-state index is 0.0281. The van der Waals surface area contributed by atoms with Crippen LogP contribution in [0.15, 0.2) is 46.9 Å². The van der Waals surface area contributed by atoms with Crippen molar-refractivity contribution in [2.24, 2.45) is 23.2 Å². The fourth-order valence-corrected chi connectivity index (χ4v) is 8.03. The molecule has 0 radical (unpaired) electrons. The molecule has 1 amide bonds. The van der Waals surface area contributed by atoms with Crippen LogP contribution in [0.1, 0.15) is 66.9 Å². The van der Waals surface area contributed by atoms with Crippen molar-refractivity contribution in [3.05, 3.63) is 63.6 Å². The maximum absolute atomic E-state index is 13.9. The first-order chi connectivity index (χ1) is 16.3. The fourth-order valence-electron chi connectivity index (χ4n) is 7.67. The Morgan fingerprint density at radius 1 is 1.00 bits per heavy atom. The van der Waals surface area contributed by atoms with E-state index in [0.717, 1.165) is 50.0 Å². The van der Waals surface area contributed by atoms with Crippen LogP contribution in [0.2, 0.25) is 0 Å². The van der Waals surface area contributed by atoms with Gasteiger partial charge in [-0.1, -0.05) is 33.6 Å². The molecule has 1 aromatic heterocycles. The fraction of sp³-hybridized carbons (Fsp3) is 0.467. The van der Waals surface area contributed by atoms with Gasteiger partial charge in [-0.25, -0.2) is 4.98 Å². The molecule has 0 spiro atoms. The van der Waals surface area contributed by atoms with E-state index in [0.29, 0.717) is 0 Å². The van der Waals surface area contributed by atoms with Gasteiger partial charge in [-0.2, -0.15) is 0 Å². The average Bonchev–Trinajstić information content (AvgIpc) is 2.79. The molecule has 1 atom stereocenters. The topological polar surface area (TPSA) is 42.0 Å². The van der Waals surface area contributed by atoms with Crippen molar-refractivity contribution in [2.45, 2.75) is 65.3 Å². The van der Waals surface area contributed by atoms with Crippen LogP contribution >= 0.6 is 15.9 Å². The van der Waals surface area contributed by atoms with Crippen LogP contribution in [-0.4, -0.2) is 16.9 Å². The molecule has 4 bridgehead atoms. The molecular weight excluding hydrogens is 484 g/mol. The molecule has 34 heavy (non-hydrogen) atoms. The Hall–Kier alpha value is -2.20. The summed E-state index contributed by atoms with van der Waals surface area (Å²) in [5, 5.41) is 4.39. The lowest BCUT2D eigenvalue weighted by atomic mass is 9.48. The highest BCUT2D eigenvalue weighted by Gasteiger charge is 2.53. The van der Waals surface area contributed by atoms with E-state index in [-0.39, 0.29) is 17.4 Å². The van der Waals surface area contributed by atoms with Crippen molar-refractivity contribution in [2.75, 3.05) is 0 Å². The molecule has 3 aromatic rings. The molecule has 0 saturated heterocycles. The number of amides is 1. The Morgan fingerprint density at radius 3 is 2.35 bits per heavy atom. The van der Waals surface area contributed by atoms with Gasteiger partial charge < -0.3 is 5.32 Å². The molecule has 4 heteroatoms. The minimum atomic E-state index is 0.0281. The summed E-state index contributed by atoms with van der Waals surface area (Å²) in [6, 6.07) is 14.6. The van der Waals surface area contributed by atoms with Gasteiger partial charge >= 0.3 is 0 Å². The highest BCUT2D eigenvalue weighted by molar-refractivity contribution is 9.10. The third-order valence-corrected chi connectivity index (χ3v) is 9.53. The predicted molar refractivity (Wildman–Crippen MR) is 142 cm³/mol. The highest BCUT2D eigenvalue weighted by Crippen LogP contribution is 2.61. The van der Waals surface area contributed by atoms with Gasteiger partial charge in [0.25, 0.3) is 5.91 Å². The summed E-state index contributed by atoms with van der Waals surface area (Å²) < 4.78 is 0.962. The van der Waals surface area contributed by atoms with E-state index in [1.54, 1.807) is 0 Å². The zero-order valence-electron chi connectivity index (χ0n) is 20.3. The average molecular weight is 518 g/mol. The van der Waals surface area contributed by atoms with E-state index in [9.17, 15) is 4.79 Å². The second-order valence-electron chi connectivity index (χ2n) is 11.5. The van der Waals surface area contributed by atoms with Gasteiger partial charge in [0.1, 0.15) is 0 Å². The quantitative estimate of drug-likeness (QED) is 0.387. The zero-order valence-corrected chi connectivity index (χ0v) is 21.9. The molecule has 4 saturated carbocycles. The summed E-state index contributed by atoms with van der Waals surface area (Å²) in [4.78, 5) is 18.8. The molecule has 1 N–H and O–H groups in total. The number of carbonyl (C=O) groups excluding carboxylic acids is 1. The highest BCUT2D eigenvalue weighted by atomic mass is 79.9. The molecule has 1 heterocycles. The Balaban J connectivity index is 1.38. The summed E-state index contributed by atoms with van der Waals surface area (Å²) in [5.41, 5.74) is 6.18. The lowest BCUT2D eigenvalue weighted by Gasteiger charge is -2.59. The maximum atomic E-state index is 13.9. The molecular formula is C30H33BrN2O. The van der Waals surface area contributed by atoms with Crippen LogP contribution in [0.3, 0.4) is 0 Å². The molecule has 0 aliphatic heterocycles. The Labute approximate surface area is 210 Å². The van der Waals surface area contributed by atoms with Crippen LogP contribution in [0.4, 0.5) is 0 Å². The number of nitrogens with zero attached hydrogens (tertiary/aromatic N) is 1. The number of pyridine rings is 1. The monoisotopic (exact) mass is 516 g/mol. The third-order valence-electron chi connectivity index (χ3n) is 9.04. The molecule has 3 nitrogen and oxygen atoms in total. The smallest absolute Gasteiger partial charge is 0.252 e. The van der Waals surface area contributed by atoms with Gasteiger partial charge in [-0.3, -0.25) is 4.79 Å².